The molecular formula is C27H34N4O5. The van der Waals surface area contributed by atoms with Crippen LogP contribution < -0.4 is 5.32 Å². The summed E-state index contributed by atoms with van der Waals surface area (Å²) in [7, 11) is 3.26. The van der Waals surface area contributed by atoms with E-state index in [1.165, 1.54) is 5.56 Å². The van der Waals surface area contributed by atoms with Gasteiger partial charge in [-0.15, -0.1) is 5.10 Å². The maximum atomic E-state index is 12.7. The molecule has 3 unspecified atom stereocenters. The first-order chi connectivity index (χ1) is 17.4. The van der Waals surface area contributed by atoms with Gasteiger partial charge in [0.15, 0.2) is 5.82 Å². The van der Waals surface area contributed by atoms with Gasteiger partial charge >= 0.3 is 6.09 Å². The first-order valence-electron chi connectivity index (χ1n) is 12.2. The number of nitrogens with zero attached hydrogens (tertiary/aromatic N) is 3. The topological polar surface area (TPSA) is 96.7 Å². The molecule has 2 aromatic carbocycles. The zero-order valence-corrected chi connectivity index (χ0v) is 21.4. The first-order valence-corrected chi connectivity index (χ1v) is 12.2. The lowest BCUT2D eigenvalue weighted by Gasteiger charge is -2.43. The lowest BCUT2D eigenvalue weighted by molar-refractivity contribution is -0.191. The molecule has 1 saturated carbocycles. The highest BCUT2D eigenvalue weighted by Gasteiger charge is 2.46. The Balaban J connectivity index is 1.39. The van der Waals surface area contributed by atoms with E-state index in [-0.39, 0.29) is 18.1 Å². The van der Waals surface area contributed by atoms with E-state index >= 15 is 0 Å². The highest BCUT2D eigenvalue weighted by molar-refractivity contribution is 5.85. The Bertz CT molecular complexity index is 1130. The zero-order valence-electron chi connectivity index (χ0n) is 21.4. The van der Waals surface area contributed by atoms with Crippen LogP contribution in [0, 0.1) is 12.8 Å². The molecule has 1 heterocycles. The highest BCUT2D eigenvalue weighted by atomic mass is 16.6. The van der Waals surface area contributed by atoms with E-state index in [9.17, 15) is 4.79 Å². The highest BCUT2D eigenvalue weighted by Crippen LogP contribution is 2.33. The smallest absolute Gasteiger partial charge is 0.411 e. The van der Waals surface area contributed by atoms with Crippen molar-refractivity contribution in [3.05, 3.63) is 60.4 Å². The number of aromatic nitrogens is 3. The molecule has 36 heavy (non-hydrogen) atoms. The fraction of sp³-hybridized carbons (Fsp3) is 0.444. The molecule has 0 spiro atoms. The second-order valence-electron chi connectivity index (χ2n) is 9.03. The van der Waals surface area contributed by atoms with E-state index in [4.69, 9.17) is 18.9 Å². The number of carbonyl (C=O) groups excluding carboxylic acids is 1. The van der Waals surface area contributed by atoms with E-state index in [2.05, 4.69) is 22.3 Å². The number of hydrogen-bond acceptors (Lipinski definition) is 7. The predicted octanol–water partition coefficient (Wildman–Crippen LogP) is 4.63. The van der Waals surface area contributed by atoms with Crippen LogP contribution in [0.4, 0.5) is 10.5 Å². The van der Waals surface area contributed by atoms with Gasteiger partial charge in [-0.1, -0.05) is 24.6 Å². The van der Waals surface area contributed by atoms with Gasteiger partial charge < -0.3 is 18.9 Å². The number of benzene rings is 2. The number of hydrogen-bond donors (Lipinski definition) is 1. The molecule has 1 fully saturated rings. The molecule has 0 bridgehead atoms. The molecule has 1 N–H and O–H groups in total. The van der Waals surface area contributed by atoms with Crippen LogP contribution in [0.5, 0.6) is 0 Å². The van der Waals surface area contributed by atoms with Crippen molar-refractivity contribution < 1.29 is 23.7 Å². The van der Waals surface area contributed by atoms with Crippen molar-refractivity contribution in [1.29, 1.82) is 0 Å². The third-order valence-corrected chi connectivity index (χ3v) is 6.52. The number of carbonyl (C=O) groups is 1. The molecule has 1 amide bonds. The van der Waals surface area contributed by atoms with Crippen molar-refractivity contribution in [2.24, 2.45) is 5.92 Å². The van der Waals surface area contributed by atoms with Gasteiger partial charge in [-0.05, 0) is 62.6 Å². The summed E-state index contributed by atoms with van der Waals surface area (Å²) in [6.07, 6.45) is 0.421. The Morgan fingerprint density at radius 2 is 1.72 bits per heavy atom. The quantitative estimate of drug-likeness (QED) is 0.487. The number of aryl methyl sites for hydroxylation is 1. The molecule has 9 heteroatoms. The van der Waals surface area contributed by atoms with Crippen LogP contribution in [0.1, 0.15) is 25.8 Å². The first kappa shape index (κ1) is 25.8. The summed E-state index contributed by atoms with van der Waals surface area (Å²) in [4.78, 5) is 17.1. The summed E-state index contributed by atoms with van der Waals surface area (Å²) >= 11 is 0. The third-order valence-electron chi connectivity index (χ3n) is 6.52. The normalized spacial score (nSPS) is 23.9. The summed E-state index contributed by atoms with van der Waals surface area (Å²) in [5, 5.41) is 7.37. The molecule has 0 aliphatic heterocycles. The van der Waals surface area contributed by atoms with Gasteiger partial charge in [0, 0.05) is 32.1 Å². The molecule has 0 saturated heterocycles. The van der Waals surface area contributed by atoms with Crippen molar-refractivity contribution in [2.75, 3.05) is 26.1 Å². The SMILES string of the molecule is CCOC1C(OC)[C@H](OC(=O)Nc2ccc(-c3ncn(-c4ccc(C)cc4)n3)cc2)CC(C)[C@@H]1OC. The number of ether oxygens (including phenoxy) is 4. The molecular weight excluding hydrogens is 460 g/mol. The van der Waals surface area contributed by atoms with Gasteiger partial charge in [0.1, 0.15) is 24.6 Å². The van der Waals surface area contributed by atoms with Gasteiger partial charge in [0.2, 0.25) is 0 Å². The maximum Gasteiger partial charge on any atom is 0.411 e. The van der Waals surface area contributed by atoms with Gasteiger partial charge in [0.25, 0.3) is 0 Å². The van der Waals surface area contributed by atoms with Crippen molar-refractivity contribution in [3.63, 3.8) is 0 Å². The second-order valence-corrected chi connectivity index (χ2v) is 9.03. The van der Waals surface area contributed by atoms with E-state index in [0.29, 0.717) is 24.5 Å². The average Bonchev–Trinajstić information content (AvgIpc) is 3.36. The molecule has 1 aliphatic rings. The molecule has 0 radical (unpaired) electrons. The minimum Gasteiger partial charge on any atom is -0.443 e. The molecule has 3 aromatic rings. The lowest BCUT2D eigenvalue weighted by atomic mass is 9.81. The molecule has 1 aliphatic carbocycles. The molecule has 1 aromatic heterocycles. The van der Waals surface area contributed by atoms with Crippen molar-refractivity contribution in [1.82, 2.24) is 14.8 Å². The fourth-order valence-corrected chi connectivity index (χ4v) is 4.71. The van der Waals surface area contributed by atoms with E-state index < -0.39 is 18.3 Å². The summed E-state index contributed by atoms with van der Waals surface area (Å²) in [5.74, 6) is 0.737. The minimum atomic E-state index is -0.546. The monoisotopic (exact) mass is 494 g/mol. The van der Waals surface area contributed by atoms with Crippen molar-refractivity contribution in [3.8, 4) is 17.1 Å². The van der Waals surface area contributed by atoms with Crippen molar-refractivity contribution in [2.45, 2.75) is 51.6 Å². The van der Waals surface area contributed by atoms with Gasteiger partial charge in [-0.25, -0.2) is 14.5 Å². The molecule has 5 atom stereocenters. The van der Waals surface area contributed by atoms with Gasteiger partial charge in [-0.2, -0.15) is 0 Å². The minimum absolute atomic E-state index is 0.131. The molecule has 4 rings (SSSR count). The van der Waals surface area contributed by atoms with E-state index in [0.717, 1.165) is 11.3 Å². The third kappa shape index (κ3) is 5.75. The van der Waals surface area contributed by atoms with Crippen LogP contribution in [0.3, 0.4) is 0 Å². The van der Waals surface area contributed by atoms with E-state index in [1.807, 2.05) is 50.2 Å². The summed E-state index contributed by atoms with van der Waals surface area (Å²) in [6.45, 7) is 6.54. The Morgan fingerprint density at radius 3 is 2.36 bits per heavy atom. The number of methoxy groups -OCH3 is 2. The zero-order chi connectivity index (χ0) is 25.7. The number of amides is 1. The van der Waals surface area contributed by atoms with Crippen LogP contribution in [0.15, 0.2) is 54.9 Å². The standard InChI is InChI=1S/C27H34N4O5/c1-6-35-25-23(33-4)18(3)15-22(24(25)34-5)36-27(32)29-20-11-9-19(10-12-20)26-28-16-31(30-26)21-13-7-17(2)8-14-21/h7-14,16,18,22-25H,6,15H2,1-5H3,(H,29,32)/t18?,22-,23+,24?,25?/m1/s1. The number of nitrogens with one attached hydrogen (secondary N) is 1. The Hall–Kier alpha value is -3.27. The van der Waals surface area contributed by atoms with Gasteiger partial charge in [0.05, 0.1) is 11.8 Å². The Morgan fingerprint density at radius 1 is 1.03 bits per heavy atom. The van der Waals surface area contributed by atoms with Crippen LogP contribution in [0.2, 0.25) is 0 Å². The second kappa shape index (κ2) is 11.6. The average molecular weight is 495 g/mol. The number of rotatable bonds is 8. The van der Waals surface area contributed by atoms with Crippen LogP contribution in [-0.2, 0) is 18.9 Å². The lowest BCUT2D eigenvalue weighted by Crippen LogP contribution is -2.56. The Labute approximate surface area is 211 Å². The van der Waals surface area contributed by atoms with Gasteiger partial charge in [-0.3, -0.25) is 5.32 Å². The van der Waals surface area contributed by atoms with E-state index in [1.54, 1.807) is 37.4 Å². The molecule has 9 nitrogen and oxygen atoms in total. The fourth-order valence-electron chi connectivity index (χ4n) is 4.71. The summed E-state index contributed by atoms with van der Waals surface area (Å²) in [5.41, 5.74) is 3.57. The maximum absolute atomic E-state index is 12.7. The van der Waals surface area contributed by atoms with Crippen LogP contribution >= 0.6 is 0 Å². The Kier molecular flexibility index (Phi) is 8.35. The molecule has 192 valence electrons. The summed E-state index contributed by atoms with van der Waals surface area (Å²) < 4.78 is 24.8. The van der Waals surface area contributed by atoms with Crippen LogP contribution in [-0.4, -0.2) is 66.1 Å². The van der Waals surface area contributed by atoms with Crippen molar-refractivity contribution >= 4 is 11.8 Å². The summed E-state index contributed by atoms with van der Waals surface area (Å²) in [6, 6.07) is 15.4. The predicted molar refractivity (Wildman–Crippen MR) is 136 cm³/mol. The number of anilines is 1. The largest absolute Gasteiger partial charge is 0.443 e. The van der Waals surface area contributed by atoms with Crippen LogP contribution in [0.25, 0.3) is 17.1 Å².